The number of hydrogen-bond acceptors (Lipinski definition) is 0. The molecule has 0 saturated heterocycles. The van der Waals surface area contributed by atoms with Gasteiger partial charge in [-0.1, -0.05) is 82.2 Å². The number of aryl methyl sites for hydroxylation is 1. The second-order valence-corrected chi connectivity index (χ2v) is 7.00. The van der Waals surface area contributed by atoms with Gasteiger partial charge in [-0.2, -0.15) is 0 Å². The Morgan fingerprint density at radius 3 is 2.48 bits per heavy atom. The van der Waals surface area contributed by atoms with Crippen LogP contribution in [-0.4, -0.2) is 0 Å². The maximum Gasteiger partial charge on any atom is -0.00576 e. The van der Waals surface area contributed by atoms with Crippen LogP contribution in [0.1, 0.15) is 68.7 Å². The lowest BCUT2D eigenvalue weighted by molar-refractivity contribution is 0.865. The highest BCUT2D eigenvalue weighted by molar-refractivity contribution is 5.85. The van der Waals surface area contributed by atoms with Crippen molar-refractivity contribution in [1.82, 2.24) is 0 Å². The molecule has 0 saturated carbocycles. The van der Waals surface area contributed by atoms with Gasteiger partial charge in [0.1, 0.15) is 0 Å². The summed E-state index contributed by atoms with van der Waals surface area (Å²) < 4.78 is 0. The maximum absolute atomic E-state index is 2.48. The van der Waals surface area contributed by atoms with Crippen molar-refractivity contribution in [2.45, 2.75) is 59.3 Å². The predicted octanol–water partition coefficient (Wildman–Crippen LogP) is 6.78. The Morgan fingerprint density at radius 2 is 1.78 bits per heavy atom. The van der Waals surface area contributed by atoms with Crippen molar-refractivity contribution in [2.24, 2.45) is 0 Å². The highest BCUT2D eigenvalue weighted by Gasteiger charge is 2.21. The van der Waals surface area contributed by atoms with E-state index < -0.39 is 0 Å². The quantitative estimate of drug-likeness (QED) is 0.571. The normalized spacial score (nSPS) is 13.3. The van der Waals surface area contributed by atoms with Gasteiger partial charge in [0, 0.05) is 0 Å². The molecule has 23 heavy (non-hydrogen) atoms. The summed E-state index contributed by atoms with van der Waals surface area (Å²) in [6, 6.07) is 13.7. The largest absolute Gasteiger partial charge is 0.0652 e. The van der Waals surface area contributed by atoms with Crippen molar-refractivity contribution in [1.29, 1.82) is 0 Å². The molecular formula is C23H28. The third kappa shape index (κ3) is 3.00. The van der Waals surface area contributed by atoms with E-state index in [1.807, 2.05) is 0 Å². The van der Waals surface area contributed by atoms with Crippen LogP contribution in [0.5, 0.6) is 0 Å². The van der Waals surface area contributed by atoms with Crippen molar-refractivity contribution in [3.8, 4) is 11.1 Å². The molecule has 0 unspecified atom stereocenters. The summed E-state index contributed by atoms with van der Waals surface area (Å²) in [7, 11) is 0. The number of hydrogen-bond donors (Lipinski definition) is 0. The molecule has 1 aliphatic rings. The molecule has 3 rings (SSSR count). The first kappa shape index (κ1) is 16.1. The fraction of sp³-hybridized carbons (Fsp3) is 0.391. The lowest BCUT2D eigenvalue weighted by atomic mass is 9.85. The first-order chi connectivity index (χ1) is 11.2. The van der Waals surface area contributed by atoms with Crippen molar-refractivity contribution < 1.29 is 0 Å². The van der Waals surface area contributed by atoms with Crippen LogP contribution < -0.4 is 0 Å². The molecule has 0 amide bonds. The molecule has 0 nitrogen and oxygen atoms in total. The zero-order valence-corrected chi connectivity index (χ0v) is 14.9. The first-order valence-corrected chi connectivity index (χ1v) is 9.09. The fourth-order valence-corrected chi connectivity index (χ4v) is 3.83. The SMILES string of the molecule is CCCC1=Cc2c(ccc(C(C)C)c2-c2ccccc2CC)C1. The molecule has 0 radical (unpaired) electrons. The molecule has 1 aliphatic carbocycles. The van der Waals surface area contributed by atoms with E-state index in [2.05, 4.69) is 70.2 Å². The fourth-order valence-electron chi connectivity index (χ4n) is 3.83. The van der Waals surface area contributed by atoms with Crippen LogP contribution in [-0.2, 0) is 12.8 Å². The van der Waals surface area contributed by atoms with E-state index >= 15 is 0 Å². The standard InChI is InChI=1S/C23H28/c1-5-9-17-14-19-12-13-20(16(3)4)23(22(19)15-17)21-11-8-7-10-18(21)6-2/h7-8,10-13,15-16H,5-6,9,14H2,1-4H3. The Hall–Kier alpha value is -1.82. The van der Waals surface area contributed by atoms with Crippen molar-refractivity contribution in [3.63, 3.8) is 0 Å². The van der Waals surface area contributed by atoms with Gasteiger partial charge in [0.25, 0.3) is 0 Å². The molecule has 0 aromatic heterocycles. The van der Waals surface area contributed by atoms with Gasteiger partial charge < -0.3 is 0 Å². The van der Waals surface area contributed by atoms with Gasteiger partial charge in [0.15, 0.2) is 0 Å². The molecule has 0 N–H and O–H groups in total. The molecule has 2 aromatic rings. The number of rotatable bonds is 5. The third-order valence-corrected chi connectivity index (χ3v) is 4.99. The monoisotopic (exact) mass is 304 g/mol. The summed E-state index contributed by atoms with van der Waals surface area (Å²) >= 11 is 0. The number of fused-ring (bicyclic) bond motifs is 1. The topological polar surface area (TPSA) is 0 Å². The molecule has 0 bridgehead atoms. The zero-order chi connectivity index (χ0) is 16.4. The second-order valence-electron chi connectivity index (χ2n) is 7.00. The highest BCUT2D eigenvalue weighted by Crippen LogP contribution is 2.41. The van der Waals surface area contributed by atoms with Gasteiger partial charge in [-0.3, -0.25) is 0 Å². The Morgan fingerprint density at radius 1 is 1.00 bits per heavy atom. The Kier molecular flexibility index (Phi) is 4.71. The van der Waals surface area contributed by atoms with Crippen LogP contribution in [0.25, 0.3) is 17.2 Å². The van der Waals surface area contributed by atoms with E-state index in [1.165, 1.54) is 46.2 Å². The van der Waals surface area contributed by atoms with Gasteiger partial charge in [-0.15, -0.1) is 0 Å². The van der Waals surface area contributed by atoms with Crippen LogP contribution in [0, 0.1) is 0 Å². The zero-order valence-electron chi connectivity index (χ0n) is 14.9. The average molecular weight is 304 g/mol. The first-order valence-electron chi connectivity index (χ1n) is 9.09. The smallest absolute Gasteiger partial charge is 0.00576 e. The highest BCUT2D eigenvalue weighted by atomic mass is 14.3. The Balaban J connectivity index is 2.24. The van der Waals surface area contributed by atoms with Gasteiger partial charge in [-0.25, -0.2) is 0 Å². The molecule has 120 valence electrons. The third-order valence-electron chi connectivity index (χ3n) is 4.99. The van der Waals surface area contributed by atoms with Gasteiger partial charge in [0.05, 0.1) is 0 Å². The molecule has 0 fully saturated rings. The summed E-state index contributed by atoms with van der Waals surface area (Å²) in [6.07, 6.45) is 7.16. The molecule has 2 aromatic carbocycles. The van der Waals surface area contributed by atoms with Crippen LogP contribution in [0.4, 0.5) is 0 Å². The molecule has 0 heteroatoms. The summed E-state index contributed by atoms with van der Waals surface area (Å²) in [4.78, 5) is 0. The Bertz CT molecular complexity index is 732. The van der Waals surface area contributed by atoms with E-state index in [0.717, 1.165) is 12.8 Å². The summed E-state index contributed by atoms with van der Waals surface area (Å²) in [6.45, 7) is 9.16. The minimum Gasteiger partial charge on any atom is -0.0652 e. The second kappa shape index (κ2) is 6.74. The van der Waals surface area contributed by atoms with Gasteiger partial charge in [-0.05, 0) is 58.6 Å². The van der Waals surface area contributed by atoms with Crippen LogP contribution in [0.3, 0.4) is 0 Å². The van der Waals surface area contributed by atoms with E-state index in [9.17, 15) is 0 Å². The molecule has 0 atom stereocenters. The Labute approximate surface area is 141 Å². The number of benzene rings is 2. The van der Waals surface area contributed by atoms with Crippen LogP contribution in [0.15, 0.2) is 42.0 Å². The van der Waals surface area contributed by atoms with E-state index in [0.29, 0.717) is 5.92 Å². The van der Waals surface area contributed by atoms with Crippen molar-refractivity contribution >= 4 is 6.08 Å². The molecule has 0 aliphatic heterocycles. The van der Waals surface area contributed by atoms with Gasteiger partial charge in [0.2, 0.25) is 0 Å². The number of allylic oxidation sites excluding steroid dienone is 1. The lowest BCUT2D eigenvalue weighted by Gasteiger charge is -2.19. The lowest BCUT2D eigenvalue weighted by Crippen LogP contribution is -1.99. The summed E-state index contributed by atoms with van der Waals surface area (Å²) in [5, 5.41) is 0. The summed E-state index contributed by atoms with van der Waals surface area (Å²) in [5.74, 6) is 0.545. The molecule has 0 spiro atoms. The molecular weight excluding hydrogens is 276 g/mol. The van der Waals surface area contributed by atoms with E-state index in [1.54, 1.807) is 5.57 Å². The van der Waals surface area contributed by atoms with Crippen molar-refractivity contribution in [2.75, 3.05) is 0 Å². The van der Waals surface area contributed by atoms with Crippen molar-refractivity contribution in [3.05, 3.63) is 64.2 Å². The molecule has 0 heterocycles. The van der Waals surface area contributed by atoms with Gasteiger partial charge >= 0.3 is 0 Å². The maximum atomic E-state index is 2.48. The average Bonchev–Trinajstić information content (AvgIpc) is 2.96. The summed E-state index contributed by atoms with van der Waals surface area (Å²) in [5.41, 5.74) is 10.5. The minimum atomic E-state index is 0.545. The van der Waals surface area contributed by atoms with E-state index in [-0.39, 0.29) is 0 Å². The predicted molar refractivity (Wildman–Crippen MR) is 102 cm³/mol. The van der Waals surface area contributed by atoms with Crippen LogP contribution >= 0.6 is 0 Å². The van der Waals surface area contributed by atoms with Crippen LogP contribution in [0.2, 0.25) is 0 Å². The van der Waals surface area contributed by atoms with E-state index in [4.69, 9.17) is 0 Å². The minimum absolute atomic E-state index is 0.545.